The van der Waals surface area contributed by atoms with E-state index < -0.39 is 0 Å². The summed E-state index contributed by atoms with van der Waals surface area (Å²) in [6, 6.07) is 0.450. The number of hydrogen-bond donors (Lipinski definition) is 2. The van der Waals surface area contributed by atoms with Crippen LogP contribution in [0.5, 0.6) is 0 Å². The van der Waals surface area contributed by atoms with Gasteiger partial charge < -0.3 is 15.1 Å². The van der Waals surface area contributed by atoms with Crippen molar-refractivity contribution < 1.29 is 4.42 Å². The van der Waals surface area contributed by atoms with Crippen molar-refractivity contribution in [2.75, 3.05) is 26.7 Å². The molecule has 0 bridgehead atoms. The predicted molar refractivity (Wildman–Crippen MR) is 98.2 cm³/mol. The lowest BCUT2D eigenvalue weighted by Crippen LogP contribution is -2.45. The summed E-state index contributed by atoms with van der Waals surface area (Å²) in [6.07, 6.45) is 3.50. The normalized spacial score (nSPS) is 18.6. The molecule has 2 N–H and O–H groups in total. The summed E-state index contributed by atoms with van der Waals surface area (Å²) in [7, 11) is 1.83. The van der Waals surface area contributed by atoms with E-state index in [2.05, 4.69) is 39.4 Å². The van der Waals surface area contributed by atoms with E-state index in [1.807, 2.05) is 20.9 Å². The molecule has 0 saturated carbocycles. The molecule has 1 fully saturated rings. The van der Waals surface area contributed by atoms with E-state index in [-0.39, 0.29) is 0 Å². The third kappa shape index (κ3) is 5.51. The molecule has 1 aliphatic heterocycles. The molecule has 0 aliphatic carbocycles. The monoisotopic (exact) mass is 335 g/mol. The quantitative estimate of drug-likeness (QED) is 0.617. The Morgan fingerprint density at radius 1 is 1.38 bits per heavy atom. The van der Waals surface area contributed by atoms with Gasteiger partial charge in [0.2, 0.25) is 5.89 Å². The van der Waals surface area contributed by atoms with Crippen molar-refractivity contribution in [3.8, 4) is 0 Å². The van der Waals surface area contributed by atoms with Gasteiger partial charge in [0.1, 0.15) is 5.76 Å². The standard InChI is InChI=1S/C18H33N5O/c1-6-13(2)21-18(19-5)20-11-16-7-9-23(10-8-16)12-17-22-14(3)15(4)24-17/h13,16H,6-12H2,1-5H3,(H2,19,20,21). The molecule has 136 valence electrons. The van der Waals surface area contributed by atoms with Gasteiger partial charge in [-0.25, -0.2) is 4.98 Å². The van der Waals surface area contributed by atoms with Gasteiger partial charge in [0, 0.05) is 19.6 Å². The molecule has 2 rings (SSSR count). The summed E-state index contributed by atoms with van der Waals surface area (Å²) >= 11 is 0. The summed E-state index contributed by atoms with van der Waals surface area (Å²) in [5.41, 5.74) is 1.00. The van der Waals surface area contributed by atoms with Crippen LogP contribution >= 0.6 is 0 Å². The van der Waals surface area contributed by atoms with Crippen molar-refractivity contribution in [2.45, 2.75) is 59.5 Å². The van der Waals surface area contributed by atoms with Crippen LogP contribution in [0, 0.1) is 19.8 Å². The Hall–Kier alpha value is -1.56. The highest BCUT2D eigenvalue weighted by Crippen LogP contribution is 2.19. The maximum Gasteiger partial charge on any atom is 0.208 e. The van der Waals surface area contributed by atoms with E-state index in [1.165, 1.54) is 12.8 Å². The van der Waals surface area contributed by atoms with Crippen molar-refractivity contribution in [3.63, 3.8) is 0 Å². The molecule has 1 aromatic rings. The van der Waals surface area contributed by atoms with Crippen LogP contribution in [0.1, 0.15) is 50.5 Å². The highest BCUT2D eigenvalue weighted by molar-refractivity contribution is 5.79. The molecular formula is C18H33N5O. The second-order valence-corrected chi connectivity index (χ2v) is 6.88. The molecule has 1 aromatic heterocycles. The highest BCUT2D eigenvalue weighted by Gasteiger charge is 2.21. The Morgan fingerprint density at radius 3 is 2.62 bits per heavy atom. The molecule has 2 heterocycles. The zero-order chi connectivity index (χ0) is 17.5. The van der Waals surface area contributed by atoms with Crippen LogP contribution in [0.25, 0.3) is 0 Å². The zero-order valence-electron chi connectivity index (χ0n) is 15.9. The van der Waals surface area contributed by atoms with E-state index in [9.17, 15) is 0 Å². The van der Waals surface area contributed by atoms with Gasteiger partial charge in [-0.2, -0.15) is 0 Å². The number of oxazole rings is 1. The number of hydrogen-bond acceptors (Lipinski definition) is 4. The van der Waals surface area contributed by atoms with Crippen molar-refractivity contribution in [1.82, 2.24) is 20.5 Å². The fourth-order valence-electron chi connectivity index (χ4n) is 2.92. The lowest BCUT2D eigenvalue weighted by molar-refractivity contribution is 0.164. The third-order valence-corrected chi connectivity index (χ3v) is 4.92. The van der Waals surface area contributed by atoms with Crippen LogP contribution < -0.4 is 10.6 Å². The molecule has 24 heavy (non-hydrogen) atoms. The average molecular weight is 335 g/mol. The first-order chi connectivity index (χ1) is 11.5. The second kappa shape index (κ2) is 9.06. The summed E-state index contributed by atoms with van der Waals surface area (Å²) in [6.45, 7) is 12.3. The van der Waals surface area contributed by atoms with Gasteiger partial charge in [0.25, 0.3) is 0 Å². The largest absolute Gasteiger partial charge is 0.444 e. The van der Waals surface area contributed by atoms with Crippen molar-refractivity contribution in [1.29, 1.82) is 0 Å². The minimum atomic E-state index is 0.450. The van der Waals surface area contributed by atoms with Crippen LogP contribution in [0.15, 0.2) is 9.41 Å². The number of rotatable bonds is 6. The minimum absolute atomic E-state index is 0.450. The summed E-state index contributed by atoms with van der Waals surface area (Å²) < 4.78 is 5.70. The number of aromatic nitrogens is 1. The molecule has 0 radical (unpaired) electrons. The SMILES string of the molecule is CCC(C)NC(=NC)NCC1CCN(Cc2nc(C)c(C)o2)CC1. The molecule has 1 unspecified atom stereocenters. The molecular weight excluding hydrogens is 302 g/mol. The summed E-state index contributed by atoms with van der Waals surface area (Å²) in [5.74, 6) is 3.39. The Morgan fingerprint density at radius 2 is 2.08 bits per heavy atom. The van der Waals surface area contributed by atoms with E-state index in [4.69, 9.17) is 4.42 Å². The van der Waals surface area contributed by atoms with E-state index in [0.29, 0.717) is 12.0 Å². The first kappa shape index (κ1) is 18.8. The van der Waals surface area contributed by atoms with Gasteiger partial charge >= 0.3 is 0 Å². The number of nitrogens with zero attached hydrogens (tertiary/aromatic N) is 3. The number of guanidine groups is 1. The molecule has 0 spiro atoms. The van der Waals surface area contributed by atoms with E-state index >= 15 is 0 Å². The van der Waals surface area contributed by atoms with Gasteiger partial charge in [-0.1, -0.05) is 6.92 Å². The fraction of sp³-hybridized carbons (Fsp3) is 0.778. The highest BCUT2D eigenvalue weighted by atomic mass is 16.4. The second-order valence-electron chi connectivity index (χ2n) is 6.88. The molecule has 0 amide bonds. The number of nitrogens with one attached hydrogen (secondary N) is 2. The molecule has 1 atom stereocenters. The van der Waals surface area contributed by atoms with Gasteiger partial charge in [-0.05, 0) is 59.0 Å². The van der Waals surface area contributed by atoms with Gasteiger partial charge in [0.05, 0.1) is 12.2 Å². The smallest absolute Gasteiger partial charge is 0.208 e. The maximum atomic E-state index is 5.70. The molecule has 6 heteroatoms. The Bertz CT molecular complexity index is 512. The van der Waals surface area contributed by atoms with Crippen molar-refractivity contribution in [2.24, 2.45) is 10.9 Å². The fourth-order valence-corrected chi connectivity index (χ4v) is 2.92. The first-order valence-corrected chi connectivity index (χ1v) is 9.14. The Balaban J connectivity index is 1.70. The number of likely N-dealkylation sites (tertiary alicyclic amines) is 1. The van der Waals surface area contributed by atoms with Crippen LogP contribution in [-0.4, -0.2) is 48.6 Å². The van der Waals surface area contributed by atoms with Crippen LogP contribution in [0.2, 0.25) is 0 Å². The lowest BCUT2D eigenvalue weighted by atomic mass is 9.97. The Labute approximate surface area is 146 Å². The summed E-state index contributed by atoms with van der Waals surface area (Å²) in [4.78, 5) is 11.2. The van der Waals surface area contributed by atoms with E-state index in [0.717, 1.165) is 55.9 Å². The van der Waals surface area contributed by atoms with Crippen molar-refractivity contribution in [3.05, 3.63) is 17.3 Å². The lowest BCUT2D eigenvalue weighted by Gasteiger charge is -2.31. The number of aliphatic imine (C=N–C) groups is 1. The van der Waals surface area contributed by atoms with Gasteiger partial charge in [0.15, 0.2) is 5.96 Å². The maximum absolute atomic E-state index is 5.70. The number of piperidine rings is 1. The molecule has 1 saturated heterocycles. The number of aryl methyl sites for hydroxylation is 2. The topological polar surface area (TPSA) is 65.7 Å². The van der Waals surface area contributed by atoms with Crippen LogP contribution in [0.4, 0.5) is 0 Å². The predicted octanol–water partition coefficient (Wildman–Crippen LogP) is 2.47. The van der Waals surface area contributed by atoms with E-state index in [1.54, 1.807) is 0 Å². The molecule has 0 aromatic carbocycles. The van der Waals surface area contributed by atoms with Crippen LogP contribution in [-0.2, 0) is 6.54 Å². The summed E-state index contributed by atoms with van der Waals surface area (Å²) in [5, 5.41) is 6.88. The molecule has 6 nitrogen and oxygen atoms in total. The third-order valence-electron chi connectivity index (χ3n) is 4.92. The van der Waals surface area contributed by atoms with Gasteiger partial charge in [-0.3, -0.25) is 9.89 Å². The molecule has 1 aliphatic rings. The van der Waals surface area contributed by atoms with Gasteiger partial charge in [-0.15, -0.1) is 0 Å². The van der Waals surface area contributed by atoms with Crippen LogP contribution in [0.3, 0.4) is 0 Å². The Kier molecular flexibility index (Phi) is 7.09. The van der Waals surface area contributed by atoms with Crippen molar-refractivity contribution >= 4 is 5.96 Å². The first-order valence-electron chi connectivity index (χ1n) is 9.14. The zero-order valence-corrected chi connectivity index (χ0v) is 15.9. The minimum Gasteiger partial charge on any atom is -0.444 e. The average Bonchev–Trinajstić information content (AvgIpc) is 2.90.